The van der Waals surface area contributed by atoms with Gasteiger partial charge in [-0.2, -0.15) is 0 Å². The molecule has 1 unspecified atom stereocenters. The Hall–Kier alpha value is -1.19. The maximum Gasteiger partial charge on any atom is 0.0951 e. The smallest absolute Gasteiger partial charge is 0.0951 e. The van der Waals surface area contributed by atoms with Gasteiger partial charge in [0.15, 0.2) is 0 Å². The molecule has 1 fully saturated rings. The maximum atomic E-state index is 6.78. The first kappa shape index (κ1) is 14.7. The van der Waals surface area contributed by atoms with Crippen molar-refractivity contribution in [2.24, 2.45) is 11.1 Å². The van der Waals surface area contributed by atoms with Crippen LogP contribution in [-0.2, 0) is 6.42 Å². The first-order valence-electron chi connectivity index (χ1n) is 7.79. The van der Waals surface area contributed by atoms with E-state index in [4.69, 9.17) is 10.7 Å². The molecular weight excluding hydrogens is 276 g/mol. The second kappa shape index (κ2) is 5.54. The Balaban J connectivity index is 1.81. The van der Waals surface area contributed by atoms with Crippen molar-refractivity contribution < 1.29 is 0 Å². The molecule has 112 valence electrons. The largest absolute Gasteiger partial charge is 0.324 e. The molecule has 0 saturated heterocycles. The van der Waals surface area contributed by atoms with Crippen molar-refractivity contribution in [3.05, 3.63) is 40.7 Å². The van der Waals surface area contributed by atoms with E-state index in [1.807, 2.05) is 6.07 Å². The van der Waals surface area contributed by atoms with E-state index in [9.17, 15) is 0 Å². The van der Waals surface area contributed by atoms with E-state index in [0.717, 1.165) is 18.5 Å². The van der Waals surface area contributed by atoms with Crippen LogP contribution in [0.5, 0.6) is 0 Å². The van der Waals surface area contributed by atoms with Crippen molar-refractivity contribution in [3.63, 3.8) is 0 Å². The van der Waals surface area contributed by atoms with Crippen molar-refractivity contribution in [1.82, 2.24) is 4.98 Å². The summed E-state index contributed by atoms with van der Waals surface area (Å²) in [5.41, 5.74) is 9.13. The van der Waals surface area contributed by atoms with Crippen LogP contribution in [0.15, 0.2) is 35.7 Å². The lowest BCUT2D eigenvalue weighted by Gasteiger charge is -2.47. The van der Waals surface area contributed by atoms with E-state index >= 15 is 0 Å². The van der Waals surface area contributed by atoms with Crippen LogP contribution in [-0.4, -0.2) is 10.5 Å². The Labute approximate surface area is 131 Å². The number of nitrogens with two attached hydrogens (primary N) is 1. The third kappa shape index (κ3) is 2.90. The summed E-state index contributed by atoms with van der Waals surface area (Å²) in [4.78, 5) is 4.82. The van der Waals surface area contributed by atoms with Crippen LogP contribution in [0, 0.1) is 5.41 Å². The second-order valence-corrected chi connectivity index (χ2v) is 7.86. The topological polar surface area (TPSA) is 38.9 Å². The zero-order valence-corrected chi connectivity index (χ0v) is 13.7. The first-order chi connectivity index (χ1) is 10.0. The normalized spacial score (nSPS) is 24.9. The number of nitrogens with zero attached hydrogens (tertiary/aromatic N) is 1. The third-order valence-corrected chi connectivity index (χ3v) is 5.96. The van der Waals surface area contributed by atoms with Crippen LogP contribution < -0.4 is 5.73 Å². The van der Waals surface area contributed by atoms with Gasteiger partial charge >= 0.3 is 0 Å². The van der Waals surface area contributed by atoms with Gasteiger partial charge in [-0.1, -0.05) is 57.0 Å². The summed E-state index contributed by atoms with van der Waals surface area (Å²) < 4.78 is 0. The van der Waals surface area contributed by atoms with Crippen molar-refractivity contribution in [3.8, 4) is 11.3 Å². The SMILES string of the molecule is CC1(C)CCCCC1(N)Cc1nc(-c2ccccc2)cs1. The van der Waals surface area contributed by atoms with Gasteiger partial charge in [-0.3, -0.25) is 0 Å². The van der Waals surface area contributed by atoms with Crippen molar-refractivity contribution in [1.29, 1.82) is 0 Å². The summed E-state index contributed by atoms with van der Waals surface area (Å²) in [6, 6.07) is 10.4. The molecule has 1 heterocycles. The van der Waals surface area contributed by atoms with Gasteiger partial charge in [-0.25, -0.2) is 4.98 Å². The minimum Gasteiger partial charge on any atom is -0.324 e. The molecule has 2 nitrogen and oxygen atoms in total. The van der Waals surface area contributed by atoms with E-state index in [1.54, 1.807) is 11.3 Å². The van der Waals surface area contributed by atoms with Gasteiger partial charge in [-0.05, 0) is 18.3 Å². The van der Waals surface area contributed by atoms with Crippen LogP contribution >= 0.6 is 11.3 Å². The highest BCUT2D eigenvalue weighted by Gasteiger charge is 2.43. The predicted octanol–water partition coefficient (Wildman–Crippen LogP) is 4.65. The van der Waals surface area contributed by atoms with Crippen LogP contribution in [0.2, 0.25) is 0 Å². The Morgan fingerprint density at radius 1 is 1.14 bits per heavy atom. The first-order valence-corrected chi connectivity index (χ1v) is 8.67. The minimum absolute atomic E-state index is 0.114. The van der Waals surface area contributed by atoms with Crippen molar-refractivity contribution in [2.75, 3.05) is 0 Å². The highest BCUT2D eigenvalue weighted by Crippen LogP contribution is 2.44. The molecule has 1 aliphatic rings. The van der Waals surface area contributed by atoms with Crippen LogP contribution in [0.1, 0.15) is 44.5 Å². The fourth-order valence-corrected chi connectivity index (χ4v) is 4.25. The van der Waals surface area contributed by atoms with E-state index in [1.165, 1.54) is 29.8 Å². The fraction of sp³-hybridized carbons (Fsp3) is 0.500. The lowest BCUT2D eigenvalue weighted by molar-refractivity contribution is 0.0990. The van der Waals surface area contributed by atoms with Gasteiger partial charge in [0.2, 0.25) is 0 Å². The van der Waals surface area contributed by atoms with Crippen LogP contribution in [0.3, 0.4) is 0 Å². The summed E-state index contributed by atoms with van der Waals surface area (Å²) in [6.07, 6.45) is 5.79. The molecule has 0 aliphatic heterocycles. The molecule has 1 aromatic heterocycles. The number of aromatic nitrogens is 1. The molecule has 21 heavy (non-hydrogen) atoms. The summed E-state index contributed by atoms with van der Waals surface area (Å²) in [5, 5.41) is 3.33. The number of thiazole rings is 1. The van der Waals surface area contributed by atoms with Crippen LogP contribution in [0.4, 0.5) is 0 Å². The van der Waals surface area contributed by atoms with Gasteiger partial charge in [0, 0.05) is 22.9 Å². The third-order valence-electron chi connectivity index (χ3n) is 5.11. The molecule has 2 N–H and O–H groups in total. The number of hydrogen-bond donors (Lipinski definition) is 1. The average Bonchev–Trinajstić information content (AvgIpc) is 2.92. The predicted molar refractivity (Wildman–Crippen MR) is 90.4 cm³/mol. The van der Waals surface area contributed by atoms with E-state index < -0.39 is 0 Å². The van der Waals surface area contributed by atoms with Gasteiger partial charge < -0.3 is 5.73 Å². The Kier molecular flexibility index (Phi) is 3.89. The maximum absolute atomic E-state index is 6.78. The van der Waals surface area contributed by atoms with Crippen molar-refractivity contribution >= 4 is 11.3 Å². The summed E-state index contributed by atoms with van der Waals surface area (Å²) in [5.74, 6) is 0. The molecule has 1 saturated carbocycles. The zero-order chi connectivity index (χ0) is 14.9. The van der Waals surface area contributed by atoms with Gasteiger partial charge in [0.25, 0.3) is 0 Å². The molecule has 0 radical (unpaired) electrons. The molecule has 1 aromatic carbocycles. The molecule has 3 heteroatoms. The van der Waals surface area contributed by atoms with Crippen molar-refractivity contribution in [2.45, 2.75) is 51.5 Å². The quantitative estimate of drug-likeness (QED) is 0.896. The Bertz CT molecular complexity index is 603. The highest BCUT2D eigenvalue weighted by molar-refractivity contribution is 7.10. The van der Waals surface area contributed by atoms with Gasteiger partial charge in [0.1, 0.15) is 0 Å². The van der Waals surface area contributed by atoms with E-state index in [2.05, 4.69) is 43.5 Å². The summed E-state index contributed by atoms with van der Waals surface area (Å²) in [7, 11) is 0. The highest BCUT2D eigenvalue weighted by atomic mass is 32.1. The fourth-order valence-electron chi connectivity index (χ4n) is 3.33. The summed E-state index contributed by atoms with van der Waals surface area (Å²) in [6.45, 7) is 4.63. The second-order valence-electron chi connectivity index (χ2n) is 6.92. The van der Waals surface area contributed by atoms with E-state index in [0.29, 0.717) is 0 Å². The number of rotatable bonds is 3. The lowest BCUT2D eigenvalue weighted by Crippen LogP contribution is -2.56. The average molecular weight is 300 g/mol. The molecule has 0 amide bonds. The standard InChI is InChI=1S/C18H24N2S/c1-17(2)10-6-7-11-18(17,19)12-16-20-15(13-21-16)14-8-4-3-5-9-14/h3-5,8-9,13H,6-7,10-12,19H2,1-2H3. The Morgan fingerprint density at radius 3 is 2.57 bits per heavy atom. The number of benzene rings is 1. The number of hydrogen-bond acceptors (Lipinski definition) is 3. The molecule has 0 spiro atoms. The molecular formula is C18H24N2S. The minimum atomic E-state index is -0.114. The van der Waals surface area contributed by atoms with Gasteiger partial charge in [0.05, 0.1) is 10.7 Å². The zero-order valence-electron chi connectivity index (χ0n) is 12.9. The molecule has 0 bridgehead atoms. The van der Waals surface area contributed by atoms with Gasteiger partial charge in [-0.15, -0.1) is 11.3 Å². The van der Waals surface area contributed by atoms with Crippen LogP contribution in [0.25, 0.3) is 11.3 Å². The Morgan fingerprint density at radius 2 is 1.86 bits per heavy atom. The lowest BCUT2D eigenvalue weighted by atomic mass is 9.62. The van der Waals surface area contributed by atoms with E-state index in [-0.39, 0.29) is 11.0 Å². The monoisotopic (exact) mass is 300 g/mol. The molecule has 1 atom stereocenters. The molecule has 1 aliphatic carbocycles. The molecule has 3 rings (SSSR count). The summed E-state index contributed by atoms with van der Waals surface area (Å²) >= 11 is 1.75. The molecule has 2 aromatic rings.